The molecule has 1 atom stereocenters. The first kappa shape index (κ1) is 16.9. The fourth-order valence-electron chi connectivity index (χ4n) is 1.70. The van der Waals surface area contributed by atoms with Crippen LogP contribution < -0.4 is 5.73 Å². The zero-order valence-electron chi connectivity index (χ0n) is 12.3. The molecule has 18 heavy (non-hydrogen) atoms. The maximum atomic E-state index is 12.3. The molecule has 0 radical (unpaired) electrons. The molecular formula is C13H26N2O3. The van der Waals surface area contributed by atoms with Crippen molar-refractivity contribution in [1.29, 1.82) is 0 Å². The molecule has 106 valence electrons. The Morgan fingerprint density at radius 2 is 1.67 bits per heavy atom. The maximum Gasteiger partial charge on any atom is 0.329 e. The Kier molecular flexibility index (Phi) is 5.35. The second-order valence-electron chi connectivity index (χ2n) is 6.46. The zero-order chi connectivity index (χ0) is 14.7. The number of likely N-dealkylation sites (N-methyl/N-ethyl adjacent to an activating group) is 1. The van der Waals surface area contributed by atoms with Crippen molar-refractivity contribution in [2.24, 2.45) is 17.1 Å². The monoisotopic (exact) mass is 258 g/mol. The van der Waals surface area contributed by atoms with E-state index in [0.29, 0.717) is 6.42 Å². The van der Waals surface area contributed by atoms with Gasteiger partial charge in [0, 0.05) is 13.6 Å². The molecule has 0 aliphatic carbocycles. The Labute approximate surface area is 109 Å². The summed E-state index contributed by atoms with van der Waals surface area (Å²) in [7, 11) is 1.52. The average Bonchev–Trinajstić information content (AvgIpc) is 2.22. The second-order valence-corrected chi connectivity index (χ2v) is 6.46. The summed E-state index contributed by atoms with van der Waals surface area (Å²) in [6.07, 6.45) is 0.641. The highest BCUT2D eigenvalue weighted by atomic mass is 16.4. The predicted molar refractivity (Wildman–Crippen MR) is 71.1 cm³/mol. The minimum atomic E-state index is -1.22. The summed E-state index contributed by atoms with van der Waals surface area (Å²) in [5.41, 5.74) is 4.40. The van der Waals surface area contributed by atoms with Gasteiger partial charge in [0.2, 0.25) is 5.91 Å². The topological polar surface area (TPSA) is 83.6 Å². The van der Waals surface area contributed by atoms with Crippen LogP contribution in [0.25, 0.3) is 0 Å². The molecule has 0 aliphatic rings. The van der Waals surface area contributed by atoms with Crippen LogP contribution in [0.3, 0.4) is 0 Å². The summed E-state index contributed by atoms with van der Waals surface area (Å²) in [6.45, 7) is 9.35. The fraction of sp³-hybridized carbons (Fsp3) is 0.846. The molecule has 0 rings (SSSR count). The fourth-order valence-corrected chi connectivity index (χ4v) is 1.70. The van der Waals surface area contributed by atoms with Crippen LogP contribution in [-0.4, -0.2) is 41.0 Å². The van der Waals surface area contributed by atoms with Gasteiger partial charge in [0.15, 0.2) is 0 Å². The zero-order valence-corrected chi connectivity index (χ0v) is 12.3. The number of nitrogens with two attached hydrogens (primary N) is 1. The number of amides is 1. The molecule has 0 aromatic rings. The van der Waals surface area contributed by atoms with Crippen LogP contribution in [0.1, 0.15) is 41.0 Å². The smallest absolute Gasteiger partial charge is 0.329 e. The Morgan fingerprint density at radius 1 is 1.22 bits per heavy atom. The van der Waals surface area contributed by atoms with Gasteiger partial charge in [0.1, 0.15) is 5.54 Å². The van der Waals surface area contributed by atoms with Gasteiger partial charge in [-0.3, -0.25) is 4.79 Å². The van der Waals surface area contributed by atoms with Crippen LogP contribution in [0.5, 0.6) is 0 Å². The molecule has 0 heterocycles. The second kappa shape index (κ2) is 5.69. The van der Waals surface area contributed by atoms with Gasteiger partial charge in [-0.1, -0.05) is 20.8 Å². The van der Waals surface area contributed by atoms with Gasteiger partial charge in [-0.25, -0.2) is 4.79 Å². The summed E-state index contributed by atoms with van der Waals surface area (Å²) in [6, 6.07) is 0. The van der Waals surface area contributed by atoms with Gasteiger partial charge in [-0.05, 0) is 25.7 Å². The Morgan fingerprint density at radius 3 is 1.94 bits per heavy atom. The molecule has 0 saturated carbocycles. The molecule has 0 aliphatic heterocycles. The highest BCUT2D eigenvalue weighted by Gasteiger charge is 2.38. The van der Waals surface area contributed by atoms with E-state index in [2.05, 4.69) is 0 Å². The van der Waals surface area contributed by atoms with Crippen molar-refractivity contribution in [3.8, 4) is 0 Å². The lowest BCUT2D eigenvalue weighted by Gasteiger charge is -2.35. The lowest BCUT2D eigenvalue weighted by Crippen LogP contribution is -2.53. The van der Waals surface area contributed by atoms with Crippen molar-refractivity contribution in [1.82, 2.24) is 4.90 Å². The van der Waals surface area contributed by atoms with E-state index in [0.717, 1.165) is 0 Å². The molecule has 5 nitrogen and oxygen atoms in total. The van der Waals surface area contributed by atoms with Crippen molar-refractivity contribution >= 4 is 11.9 Å². The van der Waals surface area contributed by atoms with Gasteiger partial charge in [-0.2, -0.15) is 0 Å². The third kappa shape index (κ3) is 4.29. The standard InChI is InChI=1S/C13H26N2O3/c1-12(2,3)7-9(8-14)10(16)15(6)13(4,5)11(17)18/h9H,7-8,14H2,1-6H3,(H,17,18). The van der Waals surface area contributed by atoms with Crippen molar-refractivity contribution in [3.05, 3.63) is 0 Å². The molecule has 1 unspecified atom stereocenters. The van der Waals surface area contributed by atoms with E-state index in [1.165, 1.54) is 25.8 Å². The van der Waals surface area contributed by atoms with E-state index in [1.807, 2.05) is 20.8 Å². The molecule has 3 N–H and O–H groups in total. The van der Waals surface area contributed by atoms with Gasteiger partial charge < -0.3 is 15.7 Å². The van der Waals surface area contributed by atoms with Crippen LogP contribution in [0, 0.1) is 11.3 Å². The number of carboxylic acids is 1. The minimum absolute atomic E-state index is 0.0199. The minimum Gasteiger partial charge on any atom is -0.480 e. The first-order valence-corrected chi connectivity index (χ1v) is 6.14. The van der Waals surface area contributed by atoms with Gasteiger partial charge >= 0.3 is 5.97 Å². The van der Waals surface area contributed by atoms with Gasteiger partial charge in [0.05, 0.1) is 5.92 Å². The molecule has 0 saturated heterocycles. The third-order valence-electron chi connectivity index (χ3n) is 3.19. The van der Waals surface area contributed by atoms with Gasteiger partial charge in [0.25, 0.3) is 0 Å². The van der Waals surface area contributed by atoms with Gasteiger partial charge in [-0.15, -0.1) is 0 Å². The number of rotatable bonds is 5. The van der Waals surface area contributed by atoms with E-state index < -0.39 is 11.5 Å². The van der Waals surface area contributed by atoms with E-state index >= 15 is 0 Å². The normalized spacial score (nSPS) is 14.2. The van der Waals surface area contributed by atoms with Crippen molar-refractivity contribution in [2.45, 2.75) is 46.6 Å². The van der Waals surface area contributed by atoms with Crippen LogP contribution in [0.4, 0.5) is 0 Å². The van der Waals surface area contributed by atoms with E-state index in [1.54, 1.807) is 0 Å². The SMILES string of the molecule is CN(C(=O)C(CN)CC(C)(C)C)C(C)(C)C(=O)O. The summed E-state index contributed by atoms with van der Waals surface area (Å²) < 4.78 is 0. The summed E-state index contributed by atoms with van der Waals surface area (Å²) >= 11 is 0. The predicted octanol–water partition coefficient (Wildman–Crippen LogP) is 1.32. The van der Waals surface area contributed by atoms with Crippen molar-refractivity contribution in [2.75, 3.05) is 13.6 Å². The number of nitrogens with zero attached hydrogens (tertiary/aromatic N) is 1. The molecule has 1 amide bonds. The molecule has 0 fully saturated rings. The summed E-state index contributed by atoms with van der Waals surface area (Å²) in [5, 5.41) is 9.12. The number of hydrogen-bond donors (Lipinski definition) is 2. The third-order valence-corrected chi connectivity index (χ3v) is 3.19. The molecule has 0 aromatic carbocycles. The molecule has 0 spiro atoms. The molecular weight excluding hydrogens is 232 g/mol. The van der Waals surface area contributed by atoms with Crippen molar-refractivity contribution in [3.63, 3.8) is 0 Å². The molecule has 0 bridgehead atoms. The van der Waals surface area contributed by atoms with E-state index in [9.17, 15) is 9.59 Å². The van der Waals surface area contributed by atoms with Crippen LogP contribution in [0.2, 0.25) is 0 Å². The Hall–Kier alpha value is -1.10. The van der Waals surface area contributed by atoms with E-state index in [4.69, 9.17) is 10.8 Å². The first-order chi connectivity index (χ1) is 7.93. The average molecular weight is 258 g/mol. The van der Waals surface area contributed by atoms with Crippen LogP contribution >= 0.6 is 0 Å². The number of aliphatic carboxylic acids is 1. The lowest BCUT2D eigenvalue weighted by atomic mass is 9.83. The quantitative estimate of drug-likeness (QED) is 0.779. The van der Waals surface area contributed by atoms with E-state index in [-0.39, 0.29) is 23.8 Å². The highest BCUT2D eigenvalue weighted by molar-refractivity contribution is 5.87. The summed E-state index contributed by atoms with van der Waals surface area (Å²) in [4.78, 5) is 24.7. The highest BCUT2D eigenvalue weighted by Crippen LogP contribution is 2.26. The number of carbonyl (C=O) groups excluding carboxylic acids is 1. The Balaban J connectivity index is 4.96. The van der Waals surface area contributed by atoms with Crippen molar-refractivity contribution < 1.29 is 14.7 Å². The largest absolute Gasteiger partial charge is 0.480 e. The molecule has 0 aromatic heterocycles. The number of carbonyl (C=O) groups is 2. The van der Waals surface area contributed by atoms with Crippen LogP contribution in [-0.2, 0) is 9.59 Å². The Bertz CT molecular complexity index is 319. The first-order valence-electron chi connectivity index (χ1n) is 6.14. The number of carboxylic acid groups (broad SMARTS) is 1. The summed E-state index contributed by atoms with van der Waals surface area (Å²) in [5.74, 6) is -1.57. The lowest BCUT2D eigenvalue weighted by molar-refractivity contribution is -0.157. The maximum absolute atomic E-state index is 12.3. The van der Waals surface area contributed by atoms with Crippen LogP contribution in [0.15, 0.2) is 0 Å². The number of hydrogen-bond acceptors (Lipinski definition) is 3. The molecule has 5 heteroatoms.